The number of fused-ring (bicyclic) bond motifs is 2. The number of quaternary nitrogens is 1. The monoisotopic (exact) mass is 298 g/mol. The van der Waals surface area contributed by atoms with Gasteiger partial charge in [-0.1, -0.05) is 20.8 Å². The lowest BCUT2D eigenvalue weighted by atomic mass is 9.70. The largest absolute Gasteiger partial charge is 0.465 e. The van der Waals surface area contributed by atoms with Crippen molar-refractivity contribution >= 4 is 5.97 Å². The van der Waals surface area contributed by atoms with Crippen molar-refractivity contribution in [3.63, 3.8) is 0 Å². The Morgan fingerprint density at radius 1 is 1.29 bits per heavy atom. The van der Waals surface area contributed by atoms with Crippen LogP contribution in [-0.4, -0.2) is 57.5 Å². The number of nitrogens with zero attached hydrogens (tertiary/aromatic N) is 1. The molecular weight excluding hydrogens is 266 g/mol. The lowest BCUT2D eigenvalue weighted by Gasteiger charge is -2.39. The van der Waals surface area contributed by atoms with Gasteiger partial charge in [-0.25, -0.2) is 4.79 Å². The molecule has 2 rings (SSSR count). The van der Waals surface area contributed by atoms with Gasteiger partial charge in [-0.3, -0.25) is 0 Å². The minimum Gasteiger partial charge on any atom is -0.465 e. The molecule has 0 aromatic rings. The van der Waals surface area contributed by atoms with Crippen LogP contribution in [0.2, 0.25) is 0 Å². The first-order valence-corrected chi connectivity index (χ1v) is 8.13. The summed E-state index contributed by atoms with van der Waals surface area (Å²) in [6.07, 6.45) is 4.22. The summed E-state index contributed by atoms with van der Waals surface area (Å²) < 4.78 is 11.6. The highest BCUT2D eigenvalue weighted by molar-refractivity contribution is 5.70. The van der Waals surface area contributed by atoms with E-state index in [-0.39, 0.29) is 5.97 Å². The van der Waals surface area contributed by atoms with Crippen molar-refractivity contribution in [3.8, 4) is 0 Å². The smallest absolute Gasteiger partial charge is 0.361 e. The van der Waals surface area contributed by atoms with E-state index in [1.165, 1.54) is 26.4 Å². The van der Waals surface area contributed by atoms with E-state index in [9.17, 15) is 4.79 Å². The van der Waals surface area contributed by atoms with Gasteiger partial charge >= 0.3 is 5.97 Å². The van der Waals surface area contributed by atoms with Gasteiger partial charge < -0.3 is 14.0 Å². The molecule has 0 unspecified atom stereocenters. The second-order valence-electron chi connectivity index (χ2n) is 8.36. The molecule has 122 valence electrons. The molecule has 0 spiro atoms. The molecule has 4 heteroatoms. The topological polar surface area (TPSA) is 35.5 Å². The van der Waals surface area contributed by atoms with Gasteiger partial charge in [0.1, 0.15) is 6.54 Å². The molecule has 0 saturated heterocycles. The Balaban J connectivity index is 1.84. The van der Waals surface area contributed by atoms with Crippen molar-refractivity contribution in [1.82, 2.24) is 0 Å². The van der Waals surface area contributed by atoms with Gasteiger partial charge in [0.15, 0.2) is 6.54 Å². The maximum absolute atomic E-state index is 11.4. The van der Waals surface area contributed by atoms with Crippen molar-refractivity contribution in [3.05, 3.63) is 0 Å². The van der Waals surface area contributed by atoms with E-state index in [0.717, 1.165) is 12.5 Å². The number of carbonyl (C=O) groups is 1. The summed E-state index contributed by atoms with van der Waals surface area (Å²) in [5, 5.41) is 0. The summed E-state index contributed by atoms with van der Waals surface area (Å²) in [6, 6.07) is 0. The zero-order chi connectivity index (χ0) is 15.9. The Morgan fingerprint density at radius 2 is 1.95 bits per heavy atom. The van der Waals surface area contributed by atoms with Crippen LogP contribution in [0.15, 0.2) is 0 Å². The SMILES string of the molecule is COC(=O)C[N+](C)(C)CCO[C@H]1C[C@@H]2CC[C@@]1(C)C2(C)C. The fourth-order valence-corrected chi connectivity index (χ4v) is 4.32. The number of rotatable bonds is 6. The summed E-state index contributed by atoms with van der Waals surface area (Å²) in [5.41, 5.74) is 0.714. The summed E-state index contributed by atoms with van der Waals surface area (Å²) >= 11 is 0. The third-order valence-electron chi connectivity index (χ3n) is 6.51. The minimum absolute atomic E-state index is 0.159. The zero-order valence-corrected chi connectivity index (χ0v) is 14.6. The van der Waals surface area contributed by atoms with Gasteiger partial charge in [-0.15, -0.1) is 0 Å². The second-order valence-corrected chi connectivity index (χ2v) is 8.36. The molecule has 0 heterocycles. The van der Waals surface area contributed by atoms with Crippen LogP contribution in [0.3, 0.4) is 0 Å². The van der Waals surface area contributed by atoms with Crippen LogP contribution in [0.4, 0.5) is 0 Å². The van der Waals surface area contributed by atoms with Crippen molar-refractivity contribution in [2.45, 2.75) is 46.1 Å². The van der Waals surface area contributed by atoms with Crippen LogP contribution in [-0.2, 0) is 14.3 Å². The molecule has 2 saturated carbocycles. The Morgan fingerprint density at radius 3 is 2.43 bits per heavy atom. The molecule has 0 aliphatic heterocycles. The van der Waals surface area contributed by atoms with Gasteiger partial charge in [0.25, 0.3) is 0 Å². The summed E-state index contributed by atoms with van der Waals surface area (Å²) in [7, 11) is 5.54. The zero-order valence-electron chi connectivity index (χ0n) is 14.6. The predicted octanol–water partition coefficient (Wildman–Crippen LogP) is 2.47. The van der Waals surface area contributed by atoms with E-state index < -0.39 is 0 Å². The van der Waals surface area contributed by atoms with E-state index in [1.807, 2.05) is 14.1 Å². The van der Waals surface area contributed by atoms with E-state index in [1.54, 1.807) is 0 Å². The van der Waals surface area contributed by atoms with Crippen molar-refractivity contribution in [1.29, 1.82) is 0 Å². The quantitative estimate of drug-likeness (QED) is 0.558. The number of methoxy groups -OCH3 is 1. The standard InChI is InChI=1S/C17H32NO3/c1-16(2)13-7-8-17(16,3)14(11-13)21-10-9-18(4,5)12-15(19)20-6/h13-14H,7-12H2,1-6H3/q+1/t13-,14-,17+/m0/s1. The molecule has 0 N–H and O–H groups in total. The molecule has 0 amide bonds. The first-order valence-electron chi connectivity index (χ1n) is 8.13. The van der Waals surface area contributed by atoms with Gasteiger partial charge in [0.05, 0.1) is 33.9 Å². The Hall–Kier alpha value is -0.610. The third kappa shape index (κ3) is 2.98. The van der Waals surface area contributed by atoms with Crippen LogP contribution >= 0.6 is 0 Å². The Labute approximate surface area is 129 Å². The molecular formula is C17H32NO3+. The molecule has 4 nitrogen and oxygen atoms in total. The highest BCUT2D eigenvalue weighted by Gasteiger charge is 2.61. The minimum atomic E-state index is -0.159. The van der Waals surface area contributed by atoms with E-state index in [4.69, 9.17) is 9.47 Å². The molecule has 0 radical (unpaired) electrons. The number of likely N-dealkylation sites (N-methyl/N-ethyl adjacent to an activating group) is 1. The number of hydrogen-bond acceptors (Lipinski definition) is 3. The number of hydrogen-bond donors (Lipinski definition) is 0. The molecule has 21 heavy (non-hydrogen) atoms. The normalized spacial score (nSPS) is 34.2. The fourth-order valence-electron chi connectivity index (χ4n) is 4.32. The number of ether oxygens (including phenoxy) is 2. The first kappa shape index (κ1) is 16.8. The fraction of sp³-hybridized carbons (Fsp3) is 0.941. The molecule has 3 atom stereocenters. The van der Waals surface area contributed by atoms with Crippen LogP contribution in [0.25, 0.3) is 0 Å². The highest BCUT2D eigenvalue weighted by Crippen LogP contribution is 2.66. The first-order chi connectivity index (χ1) is 9.62. The number of carbonyl (C=O) groups excluding carboxylic acids is 1. The Bertz CT molecular complexity index is 405. The third-order valence-corrected chi connectivity index (χ3v) is 6.51. The maximum Gasteiger partial charge on any atom is 0.361 e. The molecule has 2 fully saturated rings. The van der Waals surface area contributed by atoms with Crippen molar-refractivity contribution in [2.75, 3.05) is 40.9 Å². The van der Waals surface area contributed by atoms with Gasteiger partial charge in [-0.05, 0) is 36.0 Å². The summed E-state index contributed by atoms with van der Waals surface area (Å²) in [6.45, 7) is 9.17. The average molecular weight is 298 g/mol. The maximum atomic E-state index is 11.4. The molecule has 0 aromatic carbocycles. The second kappa shape index (κ2) is 5.54. The lowest BCUT2D eigenvalue weighted by molar-refractivity contribution is -0.883. The molecule has 2 bridgehead atoms. The van der Waals surface area contributed by atoms with Crippen LogP contribution in [0.5, 0.6) is 0 Å². The molecule has 2 aliphatic carbocycles. The molecule has 0 aromatic heterocycles. The predicted molar refractivity (Wildman–Crippen MR) is 82.8 cm³/mol. The molecule has 2 aliphatic rings. The van der Waals surface area contributed by atoms with Crippen LogP contribution in [0.1, 0.15) is 40.0 Å². The van der Waals surface area contributed by atoms with Crippen molar-refractivity contribution in [2.24, 2.45) is 16.7 Å². The van der Waals surface area contributed by atoms with E-state index in [2.05, 4.69) is 20.8 Å². The van der Waals surface area contributed by atoms with E-state index in [0.29, 0.717) is 34.6 Å². The van der Waals surface area contributed by atoms with Gasteiger partial charge in [-0.2, -0.15) is 0 Å². The summed E-state index contributed by atoms with van der Waals surface area (Å²) in [4.78, 5) is 11.4. The number of esters is 1. The summed E-state index contributed by atoms with van der Waals surface area (Å²) in [5.74, 6) is 0.651. The van der Waals surface area contributed by atoms with Crippen LogP contribution in [0, 0.1) is 16.7 Å². The Kier molecular flexibility index (Phi) is 4.42. The average Bonchev–Trinajstić information content (AvgIpc) is 2.71. The highest BCUT2D eigenvalue weighted by atomic mass is 16.5. The van der Waals surface area contributed by atoms with Crippen molar-refractivity contribution < 1.29 is 18.8 Å². The van der Waals surface area contributed by atoms with Gasteiger partial charge in [0, 0.05) is 0 Å². The van der Waals surface area contributed by atoms with Gasteiger partial charge in [0.2, 0.25) is 0 Å². The van der Waals surface area contributed by atoms with E-state index >= 15 is 0 Å². The van der Waals surface area contributed by atoms with Crippen LogP contribution < -0.4 is 0 Å². The lowest BCUT2D eigenvalue weighted by Crippen LogP contribution is -2.47.